The molecule has 1 aromatic heterocycles. The third kappa shape index (κ3) is 3.88. The molecule has 1 aliphatic heterocycles. The molecule has 3 rings (SSSR count). The lowest BCUT2D eigenvalue weighted by atomic mass is 10.1. The topological polar surface area (TPSA) is 117 Å². The maximum atomic E-state index is 12.8. The number of hydrogen-bond donors (Lipinski definition) is 2. The van der Waals surface area contributed by atoms with E-state index in [-0.39, 0.29) is 6.54 Å². The molecular formula is C18H20N2O6S. The lowest BCUT2D eigenvalue weighted by Crippen LogP contribution is -2.43. The van der Waals surface area contributed by atoms with E-state index in [4.69, 9.17) is 9.52 Å². The molecule has 0 spiro atoms. The predicted octanol–water partition coefficient (Wildman–Crippen LogP) is 2.33. The van der Waals surface area contributed by atoms with Crippen molar-refractivity contribution in [2.45, 2.75) is 37.3 Å². The minimum Gasteiger partial charge on any atom is -0.475 e. The third-order valence-corrected chi connectivity index (χ3v) is 6.27. The number of carboxylic acid groups (broad SMARTS) is 1. The Kier molecular flexibility index (Phi) is 5.33. The van der Waals surface area contributed by atoms with Crippen molar-refractivity contribution in [2.75, 3.05) is 11.9 Å². The fourth-order valence-corrected chi connectivity index (χ4v) is 4.60. The Labute approximate surface area is 156 Å². The van der Waals surface area contributed by atoms with E-state index in [1.165, 1.54) is 0 Å². The van der Waals surface area contributed by atoms with Crippen LogP contribution in [0.3, 0.4) is 0 Å². The summed E-state index contributed by atoms with van der Waals surface area (Å²) in [6, 6.07) is 8.64. The molecule has 1 unspecified atom stereocenters. The van der Waals surface area contributed by atoms with Crippen LogP contribution in [0.5, 0.6) is 0 Å². The lowest BCUT2D eigenvalue weighted by Gasteiger charge is -2.22. The summed E-state index contributed by atoms with van der Waals surface area (Å²) in [5.41, 5.74) is 1.72. The van der Waals surface area contributed by atoms with Gasteiger partial charge in [0.15, 0.2) is 0 Å². The number of furan rings is 1. The van der Waals surface area contributed by atoms with Crippen molar-refractivity contribution in [3.05, 3.63) is 47.7 Å². The molecule has 27 heavy (non-hydrogen) atoms. The number of sulfonamides is 1. The molecule has 1 aliphatic rings. The number of aromatic carboxylic acids is 1. The van der Waals surface area contributed by atoms with E-state index in [9.17, 15) is 18.0 Å². The van der Waals surface area contributed by atoms with Crippen LogP contribution in [0.25, 0.3) is 0 Å². The Bertz CT molecular complexity index is 948. The van der Waals surface area contributed by atoms with E-state index in [1.54, 1.807) is 12.1 Å². The van der Waals surface area contributed by atoms with E-state index in [2.05, 4.69) is 5.32 Å². The summed E-state index contributed by atoms with van der Waals surface area (Å²) in [6.45, 7) is 2.19. The molecule has 1 fully saturated rings. The number of carbonyl (C=O) groups excluding carboxylic acids is 1. The van der Waals surface area contributed by atoms with Gasteiger partial charge in [-0.25, -0.2) is 13.2 Å². The van der Waals surface area contributed by atoms with Crippen molar-refractivity contribution in [3.8, 4) is 0 Å². The number of nitrogens with zero attached hydrogens (tertiary/aromatic N) is 1. The van der Waals surface area contributed by atoms with Crippen LogP contribution in [0, 0.1) is 0 Å². The second kappa shape index (κ2) is 7.53. The van der Waals surface area contributed by atoms with E-state index in [0.29, 0.717) is 18.5 Å². The van der Waals surface area contributed by atoms with Gasteiger partial charge in [0.25, 0.3) is 10.0 Å². The third-order valence-electron chi connectivity index (χ3n) is 4.49. The molecule has 0 radical (unpaired) electrons. The zero-order valence-corrected chi connectivity index (χ0v) is 15.5. The molecule has 144 valence electrons. The van der Waals surface area contributed by atoms with E-state index < -0.39 is 38.8 Å². The summed E-state index contributed by atoms with van der Waals surface area (Å²) in [7, 11) is -4.11. The zero-order chi connectivity index (χ0) is 19.6. The number of benzene rings is 1. The van der Waals surface area contributed by atoms with Crippen LogP contribution in [0.4, 0.5) is 5.69 Å². The van der Waals surface area contributed by atoms with Gasteiger partial charge in [-0.05, 0) is 49.1 Å². The van der Waals surface area contributed by atoms with Crippen LogP contribution in [0.1, 0.15) is 35.9 Å². The Hall–Kier alpha value is -2.65. The van der Waals surface area contributed by atoms with E-state index in [0.717, 1.165) is 28.4 Å². The molecule has 8 nitrogen and oxygen atoms in total. The first-order valence-corrected chi connectivity index (χ1v) is 10.0. The number of rotatable bonds is 6. The lowest BCUT2D eigenvalue weighted by molar-refractivity contribution is -0.119. The van der Waals surface area contributed by atoms with E-state index in [1.807, 2.05) is 19.1 Å². The van der Waals surface area contributed by atoms with Crippen LogP contribution in [0.15, 0.2) is 45.9 Å². The molecule has 1 aromatic carbocycles. The van der Waals surface area contributed by atoms with Crippen molar-refractivity contribution < 1.29 is 27.5 Å². The molecule has 0 aliphatic carbocycles. The van der Waals surface area contributed by atoms with Gasteiger partial charge >= 0.3 is 5.97 Å². The Morgan fingerprint density at radius 1 is 1.22 bits per heavy atom. The summed E-state index contributed by atoms with van der Waals surface area (Å²) in [6.07, 6.45) is 1.79. The number of carbonyl (C=O) groups is 2. The summed E-state index contributed by atoms with van der Waals surface area (Å²) in [5.74, 6) is -2.25. The van der Waals surface area contributed by atoms with Gasteiger partial charge in [0.05, 0.1) is 0 Å². The highest BCUT2D eigenvalue weighted by Gasteiger charge is 2.41. The molecule has 9 heteroatoms. The maximum Gasteiger partial charge on any atom is 0.371 e. The molecule has 1 atom stereocenters. The summed E-state index contributed by atoms with van der Waals surface area (Å²) in [5, 5.41) is 11.2. The van der Waals surface area contributed by atoms with Crippen molar-refractivity contribution >= 4 is 27.6 Å². The van der Waals surface area contributed by atoms with Gasteiger partial charge < -0.3 is 14.8 Å². The number of aryl methyl sites for hydroxylation is 1. The highest BCUT2D eigenvalue weighted by Crippen LogP contribution is 2.28. The monoisotopic (exact) mass is 392 g/mol. The number of amides is 1. The highest BCUT2D eigenvalue weighted by atomic mass is 32.2. The molecule has 2 aromatic rings. The van der Waals surface area contributed by atoms with Gasteiger partial charge in [-0.15, -0.1) is 0 Å². The number of nitrogens with one attached hydrogen (secondary N) is 1. The molecule has 2 heterocycles. The van der Waals surface area contributed by atoms with Gasteiger partial charge in [0.1, 0.15) is 6.04 Å². The first-order chi connectivity index (χ1) is 12.8. The Balaban J connectivity index is 1.78. The highest BCUT2D eigenvalue weighted by molar-refractivity contribution is 7.89. The average Bonchev–Trinajstić information content (AvgIpc) is 3.32. The largest absolute Gasteiger partial charge is 0.475 e. The van der Waals surface area contributed by atoms with Crippen LogP contribution >= 0.6 is 0 Å². The quantitative estimate of drug-likeness (QED) is 0.779. The normalized spacial score (nSPS) is 17.7. The standard InChI is InChI=1S/C18H20N2O6S/c1-2-12-5-7-13(8-6-12)19-17(21)14-4-3-11-20(14)27(24,25)16-10-9-15(26-16)18(22)23/h5-10,14H,2-4,11H2,1H3,(H,19,21)(H,22,23). The summed E-state index contributed by atoms with van der Waals surface area (Å²) in [4.78, 5) is 23.5. The van der Waals surface area contributed by atoms with Crippen LogP contribution in [-0.2, 0) is 21.2 Å². The van der Waals surface area contributed by atoms with Crippen molar-refractivity contribution in [1.82, 2.24) is 4.31 Å². The number of hydrogen-bond acceptors (Lipinski definition) is 5. The van der Waals surface area contributed by atoms with Crippen LogP contribution in [-0.4, -0.2) is 42.3 Å². The molecule has 0 bridgehead atoms. The van der Waals surface area contributed by atoms with Crippen molar-refractivity contribution in [2.24, 2.45) is 0 Å². The van der Waals surface area contributed by atoms with Crippen LogP contribution < -0.4 is 5.32 Å². The second-order valence-electron chi connectivity index (χ2n) is 6.24. The Morgan fingerprint density at radius 2 is 1.93 bits per heavy atom. The molecule has 2 N–H and O–H groups in total. The van der Waals surface area contributed by atoms with Gasteiger partial charge in [0.2, 0.25) is 16.8 Å². The first-order valence-electron chi connectivity index (χ1n) is 8.57. The molecule has 1 saturated heterocycles. The number of anilines is 1. The SMILES string of the molecule is CCc1ccc(NC(=O)C2CCCN2S(=O)(=O)c2ccc(C(=O)O)o2)cc1. The minimum absolute atomic E-state index is 0.165. The van der Waals surface area contributed by atoms with Gasteiger partial charge in [-0.1, -0.05) is 19.1 Å². The maximum absolute atomic E-state index is 12.8. The van der Waals surface area contributed by atoms with Gasteiger partial charge in [-0.3, -0.25) is 4.79 Å². The van der Waals surface area contributed by atoms with Gasteiger partial charge in [-0.2, -0.15) is 4.31 Å². The Morgan fingerprint density at radius 3 is 2.52 bits per heavy atom. The van der Waals surface area contributed by atoms with Crippen molar-refractivity contribution in [1.29, 1.82) is 0 Å². The fraction of sp³-hybridized carbons (Fsp3) is 0.333. The molecular weight excluding hydrogens is 372 g/mol. The first kappa shape index (κ1) is 19.1. The van der Waals surface area contributed by atoms with Crippen molar-refractivity contribution in [3.63, 3.8) is 0 Å². The summed E-state index contributed by atoms with van der Waals surface area (Å²) < 4.78 is 31.6. The predicted molar refractivity (Wildman–Crippen MR) is 97.0 cm³/mol. The molecule has 0 saturated carbocycles. The zero-order valence-electron chi connectivity index (χ0n) is 14.7. The van der Waals surface area contributed by atoms with Crippen LogP contribution in [0.2, 0.25) is 0 Å². The van der Waals surface area contributed by atoms with E-state index >= 15 is 0 Å². The van der Waals surface area contributed by atoms with Gasteiger partial charge in [0, 0.05) is 12.2 Å². The smallest absolute Gasteiger partial charge is 0.371 e. The minimum atomic E-state index is -4.11. The second-order valence-corrected chi connectivity index (χ2v) is 8.06. The fourth-order valence-electron chi connectivity index (χ4n) is 3.03. The number of carboxylic acids is 1. The average molecular weight is 392 g/mol. The molecule has 1 amide bonds. The summed E-state index contributed by atoms with van der Waals surface area (Å²) >= 11 is 0.